The van der Waals surface area contributed by atoms with Gasteiger partial charge >= 0.3 is 7.32 Å². The third-order valence-electron chi connectivity index (χ3n) is 5.72. The summed E-state index contributed by atoms with van der Waals surface area (Å²) in [6, 6.07) is 3.62. The van der Waals surface area contributed by atoms with Crippen LogP contribution in [0.3, 0.4) is 0 Å². The predicted octanol–water partition coefficient (Wildman–Crippen LogP) is 8.04. The molecular formula is C26H8BF11O3. The number of rotatable bonds is 6. The van der Waals surface area contributed by atoms with Gasteiger partial charge in [0.2, 0.25) is 0 Å². The molecule has 210 valence electrons. The first-order chi connectivity index (χ1) is 19.4. The molecule has 0 saturated heterocycles. The zero-order valence-electron chi connectivity index (χ0n) is 19.6. The number of halogens is 11. The molecule has 0 bridgehead atoms. The third-order valence-corrected chi connectivity index (χ3v) is 5.72. The van der Waals surface area contributed by atoms with Crippen LogP contribution in [0.4, 0.5) is 48.3 Å². The van der Waals surface area contributed by atoms with Gasteiger partial charge in [-0.2, -0.15) is 4.39 Å². The summed E-state index contributed by atoms with van der Waals surface area (Å²) >= 11 is 0. The second-order valence-electron chi connectivity index (χ2n) is 8.25. The molecule has 5 rings (SSSR count). The van der Waals surface area contributed by atoms with E-state index in [0.717, 1.165) is 12.1 Å². The van der Waals surface area contributed by atoms with Gasteiger partial charge in [-0.1, -0.05) is 0 Å². The molecule has 5 aromatic carbocycles. The lowest BCUT2D eigenvalue weighted by atomic mass is 10.1. The van der Waals surface area contributed by atoms with Crippen LogP contribution in [0.1, 0.15) is 0 Å². The van der Waals surface area contributed by atoms with Gasteiger partial charge in [0.25, 0.3) is 0 Å². The van der Waals surface area contributed by atoms with E-state index >= 15 is 0 Å². The Morgan fingerprint density at radius 2 is 0.805 bits per heavy atom. The summed E-state index contributed by atoms with van der Waals surface area (Å²) in [5.74, 6) is -22.0. The molecule has 41 heavy (non-hydrogen) atoms. The molecule has 0 heterocycles. The molecule has 0 fully saturated rings. The summed E-state index contributed by atoms with van der Waals surface area (Å²) in [6.45, 7) is 0. The fourth-order valence-electron chi connectivity index (χ4n) is 3.90. The average molecular weight is 588 g/mol. The minimum absolute atomic E-state index is 0.139. The molecule has 0 saturated carbocycles. The van der Waals surface area contributed by atoms with E-state index in [9.17, 15) is 48.3 Å². The SMILES string of the molecule is Fc1cc(F)c(F)c(OB(Oc2ccc(F)c3c(F)c(F)c(F)cc23)Oc2ccc(F)c3c(F)c(F)c(F)cc23)c1. The van der Waals surface area contributed by atoms with Crippen molar-refractivity contribution in [1.29, 1.82) is 0 Å². The van der Waals surface area contributed by atoms with Crippen molar-refractivity contribution in [2.75, 3.05) is 0 Å². The second-order valence-corrected chi connectivity index (χ2v) is 8.25. The first-order valence-electron chi connectivity index (χ1n) is 11.0. The minimum Gasteiger partial charge on any atom is -0.489 e. The van der Waals surface area contributed by atoms with Crippen molar-refractivity contribution in [3.05, 3.63) is 113 Å². The van der Waals surface area contributed by atoms with Crippen LogP contribution >= 0.6 is 0 Å². The molecule has 0 N–H and O–H groups in total. The average Bonchev–Trinajstić information content (AvgIpc) is 2.91. The van der Waals surface area contributed by atoms with Gasteiger partial charge < -0.3 is 14.0 Å². The van der Waals surface area contributed by atoms with Crippen molar-refractivity contribution >= 4 is 28.9 Å². The molecule has 0 spiro atoms. The van der Waals surface area contributed by atoms with Crippen molar-refractivity contribution in [1.82, 2.24) is 0 Å². The van der Waals surface area contributed by atoms with Gasteiger partial charge in [-0.15, -0.1) is 0 Å². The van der Waals surface area contributed by atoms with Gasteiger partial charge in [0, 0.05) is 22.9 Å². The lowest BCUT2D eigenvalue weighted by Gasteiger charge is -2.19. The molecule has 0 atom stereocenters. The summed E-state index contributed by atoms with van der Waals surface area (Å²) in [4.78, 5) is 0. The monoisotopic (exact) mass is 588 g/mol. The Balaban J connectivity index is 1.67. The zero-order valence-corrected chi connectivity index (χ0v) is 19.6. The normalized spacial score (nSPS) is 11.3. The Morgan fingerprint density at radius 3 is 1.27 bits per heavy atom. The lowest BCUT2D eigenvalue weighted by molar-refractivity contribution is 0.298. The van der Waals surface area contributed by atoms with Gasteiger partial charge in [0.1, 0.15) is 34.7 Å². The summed E-state index contributed by atoms with van der Waals surface area (Å²) in [5, 5.41) is -3.77. The van der Waals surface area contributed by atoms with E-state index in [1.54, 1.807) is 0 Å². The minimum atomic E-state index is -2.50. The topological polar surface area (TPSA) is 27.7 Å². The maximum absolute atomic E-state index is 14.4. The van der Waals surface area contributed by atoms with Crippen molar-refractivity contribution in [3.63, 3.8) is 0 Å². The van der Waals surface area contributed by atoms with Crippen LogP contribution in [-0.2, 0) is 0 Å². The highest BCUT2D eigenvalue weighted by Gasteiger charge is 2.35. The van der Waals surface area contributed by atoms with Crippen molar-refractivity contribution < 1.29 is 62.3 Å². The van der Waals surface area contributed by atoms with Gasteiger partial charge in [0.05, 0.1) is 10.8 Å². The van der Waals surface area contributed by atoms with Crippen LogP contribution in [0.25, 0.3) is 21.5 Å². The van der Waals surface area contributed by atoms with Crippen LogP contribution in [-0.4, -0.2) is 7.32 Å². The fraction of sp³-hybridized carbons (Fsp3) is 0. The molecule has 5 aromatic rings. The first-order valence-corrected chi connectivity index (χ1v) is 11.0. The highest BCUT2D eigenvalue weighted by Crippen LogP contribution is 2.36. The molecule has 0 aliphatic rings. The number of hydrogen-bond donors (Lipinski definition) is 0. The Labute approximate surface area is 221 Å². The highest BCUT2D eigenvalue weighted by molar-refractivity contribution is 6.40. The highest BCUT2D eigenvalue weighted by atomic mass is 19.2. The number of hydrogen-bond acceptors (Lipinski definition) is 3. The maximum atomic E-state index is 14.4. The fourth-order valence-corrected chi connectivity index (χ4v) is 3.90. The molecule has 0 amide bonds. The lowest BCUT2D eigenvalue weighted by Crippen LogP contribution is -2.37. The van der Waals surface area contributed by atoms with Crippen LogP contribution in [0.2, 0.25) is 0 Å². The van der Waals surface area contributed by atoms with Gasteiger partial charge in [-0.25, -0.2) is 43.9 Å². The molecule has 0 aliphatic heterocycles. The van der Waals surface area contributed by atoms with Crippen molar-refractivity contribution in [3.8, 4) is 17.2 Å². The van der Waals surface area contributed by atoms with Crippen molar-refractivity contribution in [2.24, 2.45) is 0 Å². The van der Waals surface area contributed by atoms with Crippen LogP contribution in [0.5, 0.6) is 17.2 Å². The molecule has 0 aromatic heterocycles. The quantitative estimate of drug-likeness (QED) is 0.0871. The number of fused-ring (bicyclic) bond motifs is 2. The van der Waals surface area contributed by atoms with E-state index in [4.69, 9.17) is 14.0 Å². The Morgan fingerprint density at radius 1 is 0.390 bits per heavy atom. The summed E-state index contributed by atoms with van der Waals surface area (Å²) in [5.41, 5.74) is 0. The van der Waals surface area contributed by atoms with Crippen LogP contribution < -0.4 is 14.0 Å². The zero-order chi connectivity index (χ0) is 29.7. The molecule has 15 heteroatoms. The van der Waals surface area contributed by atoms with Gasteiger partial charge in [-0.3, -0.25) is 0 Å². The molecule has 0 radical (unpaired) electrons. The van der Waals surface area contributed by atoms with Crippen LogP contribution in [0, 0.1) is 64.0 Å². The third kappa shape index (κ3) is 4.91. The van der Waals surface area contributed by atoms with Gasteiger partial charge in [-0.05, 0) is 36.4 Å². The largest absolute Gasteiger partial charge is 0.864 e. The smallest absolute Gasteiger partial charge is 0.489 e. The van der Waals surface area contributed by atoms with Crippen molar-refractivity contribution in [2.45, 2.75) is 0 Å². The molecular weight excluding hydrogens is 580 g/mol. The predicted molar refractivity (Wildman–Crippen MR) is 122 cm³/mol. The first kappa shape index (κ1) is 27.9. The summed E-state index contributed by atoms with van der Waals surface area (Å²) < 4.78 is 170. The molecule has 0 unspecified atom stereocenters. The van der Waals surface area contributed by atoms with E-state index in [2.05, 4.69) is 0 Å². The van der Waals surface area contributed by atoms with E-state index < -0.39 is 110 Å². The Kier molecular flexibility index (Phi) is 7.05. The Hall–Kier alpha value is -4.69. The standard InChI is InChI=1S/C26H8BF11O3/c28-9-5-14(31)22(34)19(6-9)41-27(39-17-3-1-12(29)20-10(17)7-15(32)23(35)25(20)37)40-18-4-2-13(30)21-11(18)8-16(33)24(36)26(21)38/h1-8H. The Bertz CT molecular complexity index is 1760. The van der Waals surface area contributed by atoms with E-state index in [1.165, 1.54) is 0 Å². The van der Waals surface area contributed by atoms with E-state index in [0.29, 0.717) is 30.3 Å². The maximum Gasteiger partial charge on any atom is 0.864 e. The van der Waals surface area contributed by atoms with E-state index in [-0.39, 0.29) is 6.07 Å². The summed E-state index contributed by atoms with van der Waals surface area (Å²) in [7, 11) is -2.50. The van der Waals surface area contributed by atoms with E-state index in [1.807, 2.05) is 0 Å². The molecule has 0 aliphatic carbocycles. The summed E-state index contributed by atoms with van der Waals surface area (Å²) in [6.07, 6.45) is 0. The number of benzene rings is 5. The second kappa shape index (κ2) is 10.4. The van der Waals surface area contributed by atoms with Crippen LogP contribution in [0.15, 0.2) is 48.5 Å². The molecule has 3 nitrogen and oxygen atoms in total. The van der Waals surface area contributed by atoms with Gasteiger partial charge in [0.15, 0.2) is 46.5 Å².